The zero-order valence-corrected chi connectivity index (χ0v) is 10.3. The van der Waals surface area contributed by atoms with Gasteiger partial charge in [-0.3, -0.25) is 0 Å². The Morgan fingerprint density at radius 2 is 1.73 bits per heavy atom. The van der Waals surface area contributed by atoms with Gasteiger partial charge in [0.1, 0.15) is 0 Å². The number of hydrogen-bond donors (Lipinski definition) is 4. The Bertz CT molecular complexity index is 126. The van der Waals surface area contributed by atoms with E-state index in [2.05, 4.69) is 0 Å². The first-order chi connectivity index (χ1) is 7.10. The number of rotatable bonds is 2. The van der Waals surface area contributed by atoms with Crippen molar-refractivity contribution in [2.24, 2.45) is 17.4 Å². The third kappa shape index (κ3) is 11.8. The molecular weight excluding hydrogens is 191 g/mol. The third-order valence-electron chi connectivity index (χ3n) is 2.28. The molecule has 0 radical (unpaired) electrons. The second-order valence-electron chi connectivity index (χ2n) is 3.56. The van der Waals surface area contributed by atoms with Gasteiger partial charge in [0.2, 0.25) is 0 Å². The molecule has 0 aliphatic heterocycles. The molecule has 0 aromatic carbocycles. The van der Waals surface area contributed by atoms with E-state index in [4.69, 9.17) is 21.5 Å². The summed E-state index contributed by atoms with van der Waals surface area (Å²) in [5, 5.41) is 15.8. The summed E-state index contributed by atoms with van der Waals surface area (Å²) in [6.07, 6.45) is 4.00. The van der Waals surface area contributed by atoms with E-state index in [1.165, 1.54) is 12.8 Å². The van der Waals surface area contributed by atoms with Crippen LogP contribution in [0.4, 0.5) is 0 Å². The Kier molecular flexibility index (Phi) is 13.8. The highest BCUT2D eigenvalue weighted by molar-refractivity contribution is 6.40. The molecular formula is C10H27BN2O2. The molecule has 4 nitrogen and oxygen atoms in total. The fourth-order valence-corrected chi connectivity index (χ4v) is 1.33. The van der Waals surface area contributed by atoms with Crippen molar-refractivity contribution < 1.29 is 10.0 Å². The molecule has 1 aliphatic rings. The van der Waals surface area contributed by atoms with Crippen LogP contribution in [-0.4, -0.2) is 29.8 Å². The molecule has 0 aromatic heterocycles. The lowest BCUT2D eigenvalue weighted by atomic mass is 9.88. The normalized spacial score (nSPS) is 23.4. The first kappa shape index (κ1) is 17.3. The summed E-state index contributed by atoms with van der Waals surface area (Å²) in [6.45, 7) is 6.53. The maximum Gasteiger partial charge on any atom is 0.451 e. The van der Waals surface area contributed by atoms with Crippen LogP contribution in [0.2, 0.25) is 6.32 Å². The van der Waals surface area contributed by atoms with Gasteiger partial charge in [0.25, 0.3) is 0 Å². The van der Waals surface area contributed by atoms with Crippen molar-refractivity contribution in [1.29, 1.82) is 0 Å². The first-order valence-electron chi connectivity index (χ1n) is 5.91. The molecule has 92 valence electrons. The molecule has 0 aromatic rings. The van der Waals surface area contributed by atoms with Gasteiger partial charge < -0.3 is 21.5 Å². The summed E-state index contributed by atoms with van der Waals surface area (Å²) in [4.78, 5) is 0. The van der Waals surface area contributed by atoms with Gasteiger partial charge in [-0.1, -0.05) is 20.8 Å². The van der Waals surface area contributed by atoms with Crippen LogP contribution < -0.4 is 11.5 Å². The van der Waals surface area contributed by atoms with E-state index < -0.39 is 7.12 Å². The predicted octanol–water partition coefficient (Wildman–Crippen LogP) is 0.578. The molecule has 0 heterocycles. The van der Waals surface area contributed by atoms with Gasteiger partial charge in [0, 0.05) is 6.04 Å². The lowest BCUT2D eigenvalue weighted by Crippen LogP contribution is -2.17. The lowest BCUT2D eigenvalue weighted by Gasteiger charge is -2.02. The fraction of sp³-hybridized carbons (Fsp3) is 1.00. The smallest absolute Gasteiger partial charge is 0.427 e. The highest BCUT2D eigenvalue weighted by Gasteiger charge is 2.19. The van der Waals surface area contributed by atoms with Gasteiger partial charge >= 0.3 is 7.12 Å². The van der Waals surface area contributed by atoms with Gasteiger partial charge in [0.05, 0.1) is 0 Å². The molecule has 0 amide bonds. The van der Waals surface area contributed by atoms with E-state index in [0.29, 0.717) is 12.4 Å². The van der Waals surface area contributed by atoms with Gasteiger partial charge in [-0.2, -0.15) is 0 Å². The molecule has 1 aliphatic carbocycles. The van der Waals surface area contributed by atoms with Crippen molar-refractivity contribution in [3.05, 3.63) is 0 Å². The highest BCUT2D eigenvalue weighted by atomic mass is 16.4. The summed E-state index contributed by atoms with van der Waals surface area (Å²) in [6, 6.07) is 0.448. The maximum absolute atomic E-state index is 7.92. The van der Waals surface area contributed by atoms with Crippen LogP contribution >= 0.6 is 0 Å². The molecule has 0 unspecified atom stereocenters. The Morgan fingerprint density at radius 1 is 1.27 bits per heavy atom. The van der Waals surface area contributed by atoms with Crippen molar-refractivity contribution in [1.82, 2.24) is 0 Å². The van der Waals surface area contributed by atoms with Crippen LogP contribution in [0.15, 0.2) is 0 Å². The Labute approximate surface area is 94.2 Å². The van der Waals surface area contributed by atoms with Crippen molar-refractivity contribution in [2.75, 3.05) is 6.54 Å². The summed E-state index contributed by atoms with van der Waals surface area (Å²) in [5.41, 5.74) is 11.1. The fourth-order valence-electron chi connectivity index (χ4n) is 1.33. The van der Waals surface area contributed by atoms with Gasteiger partial charge in [-0.05, 0) is 38.0 Å². The lowest BCUT2D eigenvalue weighted by molar-refractivity contribution is 0.408. The van der Waals surface area contributed by atoms with E-state index in [9.17, 15) is 0 Å². The molecule has 15 heavy (non-hydrogen) atoms. The topological polar surface area (TPSA) is 92.5 Å². The van der Waals surface area contributed by atoms with Crippen LogP contribution in [0.25, 0.3) is 0 Å². The second kappa shape index (κ2) is 12.0. The maximum atomic E-state index is 7.92. The molecule has 0 saturated heterocycles. The summed E-state index contributed by atoms with van der Waals surface area (Å²) < 4.78 is 0. The van der Waals surface area contributed by atoms with Gasteiger partial charge in [-0.15, -0.1) is 0 Å². The molecule has 1 fully saturated rings. The predicted molar refractivity (Wildman–Crippen MR) is 66.4 cm³/mol. The minimum absolute atomic E-state index is 0.417. The first-order valence-corrected chi connectivity index (χ1v) is 5.91. The Balaban J connectivity index is 0. The van der Waals surface area contributed by atoms with E-state index >= 15 is 0 Å². The Hall–Kier alpha value is -0.0951. The highest BCUT2D eigenvalue weighted by Crippen LogP contribution is 2.22. The summed E-state index contributed by atoms with van der Waals surface area (Å²) in [7, 11) is -1.12. The zero-order chi connectivity index (χ0) is 12.3. The average Bonchev–Trinajstić information content (AvgIpc) is 2.68. The van der Waals surface area contributed by atoms with E-state index in [-0.39, 0.29) is 0 Å². The molecule has 0 bridgehead atoms. The van der Waals surface area contributed by atoms with Crippen molar-refractivity contribution in [3.63, 3.8) is 0 Å². The van der Waals surface area contributed by atoms with Crippen LogP contribution in [0.1, 0.15) is 40.0 Å². The van der Waals surface area contributed by atoms with Crippen LogP contribution in [0.5, 0.6) is 0 Å². The number of hydrogen-bond acceptors (Lipinski definition) is 4. The largest absolute Gasteiger partial charge is 0.451 e. The standard InChI is InChI=1S/C6H14N2.C2H7BO2.C2H6/c7-4-5-1-2-6(8)3-5;1-2-3(4)5;1-2/h5-6H,1-4,7-8H2;4-5H,2H2,1H3;1-2H3/t5-,6+;;/m1../s1. The monoisotopic (exact) mass is 218 g/mol. The van der Waals surface area contributed by atoms with Crippen LogP contribution in [0, 0.1) is 5.92 Å². The molecule has 1 rings (SSSR count). The summed E-state index contributed by atoms with van der Waals surface area (Å²) in [5.74, 6) is 0.727. The van der Waals surface area contributed by atoms with E-state index in [1.807, 2.05) is 13.8 Å². The minimum atomic E-state index is -1.12. The number of nitrogens with two attached hydrogens (primary N) is 2. The molecule has 6 N–H and O–H groups in total. The summed E-state index contributed by atoms with van der Waals surface area (Å²) >= 11 is 0. The molecule has 1 saturated carbocycles. The molecule has 0 spiro atoms. The van der Waals surface area contributed by atoms with Crippen LogP contribution in [-0.2, 0) is 0 Å². The SMILES string of the molecule is CC.CCB(O)O.NC[C@@H]1CC[C@H](N)C1. The molecule has 2 atom stereocenters. The van der Waals surface area contributed by atoms with Crippen molar-refractivity contribution in [2.45, 2.75) is 52.4 Å². The van der Waals surface area contributed by atoms with Crippen LogP contribution in [0.3, 0.4) is 0 Å². The quantitative estimate of drug-likeness (QED) is 0.510. The van der Waals surface area contributed by atoms with Crippen molar-refractivity contribution >= 4 is 7.12 Å². The van der Waals surface area contributed by atoms with Crippen molar-refractivity contribution in [3.8, 4) is 0 Å². The second-order valence-corrected chi connectivity index (χ2v) is 3.56. The zero-order valence-electron chi connectivity index (χ0n) is 10.3. The molecule has 5 heteroatoms. The van der Waals surface area contributed by atoms with Gasteiger partial charge in [-0.25, -0.2) is 0 Å². The van der Waals surface area contributed by atoms with E-state index in [1.54, 1.807) is 6.92 Å². The minimum Gasteiger partial charge on any atom is -0.427 e. The average molecular weight is 218 g/mol. The van der Waals surface area contributed by atoms with E-state index in [0.717, 1.165) is 18.9 Å². The van der Waals surface area contributed by atoms with Gasteiger partial charge in [0.15, 0.2) is 0 Å². The third-order valence-corrected chi connectivity index (χ3v) is 2.28. The Morgan fingerprint density at radius 3 is 1.87 bits per heavy atom.